The Kier molecular flexibility index (Phi) is 5.20. The molecule has 0 radical (unpaired) electrons. The van der Waals surface area contributed by atoms with Gasteiger partial charge >= 0.3 is 0 Å². The van der Waals surface area contributed by atoms with Crippen molar-refractivity contribution in [2.75, 3.05) is 32.7 Å². The van der Waals surface area contributed by atoms with Gasteiger partial charge in [0.1, 0.15) is 9.88 Å². The second-order valence-corrected chi connectivity index (χ2v) is 7.15. The molecule has 1 aliphatic heterocycles. The summed E-state index contributed by atoms with van der Waals surface area (Å²) >= 11 is 7.48. The molecule has 1 aliphatic rings. The maximum absolute atomic E-state index is 12.8. The molecule has 6 heteroatoms. The highest BCUT2D eigenvalue weighted by Crippen LogP contribution is 2.30. The standard InChI is InChI=1S/C18H18ClN3OS/c1-3-7-21-8-10-22(11-9-21)18(23)16-13(2)20-17(24-16)14-5-4-6-15(19)12-14/h1,4-6,12H,7-11H2,2H3. The van der Waals surface area contributed by atoms with Gasteiger partial charge in [0.05, 0.1) is 12.2 Å². The molecule has 1 amide bonds. The third-order valence-electron chi connectivity index (χ3n) is 4.04. The number of amides is 1. The lowest BCUT2D eigenvalue weighted by Gasteiger charge is -2.33. The lowest BCUT2D eigenvalue weighted by atomic mass is 10.2. The summed E-state index contributed by atoms with van der Waals surface area (Å²) in [5, 5.41) is 1.49. The number of thiazole rings is 1. The van der Waals surface area contributed by atoms with E-state index in [4.69, 9.17) is 18.0 Å². The molecule has 1 fully saturated rings. The lowest BCUT2D eigenvalue weighted by molar-refractivity contribution is 0.0656. The van der Waals surface area contributed by atoms with E-state index in [-0.39, 0.29) is 5.91 Å². The summed E-state index contributed by atoms with van der Waals surface area (Å²) < 4.78 is 0. The van der Waals surface area contributed by atoms with Gasteiger partial charge in [0, 0.05) is 36.8 Å². The van der Waals surface area contributed by atoms with Crippen LogP contribution in [-0.2, 0) is 0 Å². The molecular formula is C18H18ClN3OS. The monoisotopic (exact) mass is 359 g/mol. The molecular weight excluding hydrogens is 342 g/mol. The van der Waals surface area contributed by atoms with Gasteiger partial charge in [-0.1, -0.05) is 29.7 Å². The van der Waals surface area contributed by atoms with Gasteiger partial charge in [-0.3, -0.25) is 9.69 Å². The fraction of sp³-hybridized carbons (Fsp3) is 0.333. The number of terminal acetylenes is 1. The number of aryl methyl sites for hydroxylation is 1. The largest absolute Gasteiger partial charge is 0.335 e. The summed E-state index contributed by atoms with van der Waals surface area (Å²) in [7, 11) is 0. The van der Waals surface area contributed by atoms with Crippen LogP contribution in [0.5, 0.6) is 0 Å². The van der Waals surface area contributed by atoms with Crippen molar-refractivity contribution in [1.82, 2.24) is 14.8 Å². The van der Waals surface area contributed by atoms with E-state index in [9.17, 15) is 4.79 Å². The molecule has 3 rings (SSSR count). The Morgan fingerprint density at radius 2 is 2.12 bits per heavy atom. The second kappa shape index (κ2) is 7.35. The summed E-state index contributed by atoms with van der Waals surface area (Å²) in [4.78, 5) is 22.1. The molecule has 0 spiro atoms. The number of aromatic nitrogens is 1. The molecule has 124 valence electrons. The molecule has 1 saturated heterocycles. The zero-order valence-corrected chi connectivity index (χ0v) is 15.0. The highest BCUT2D eigenvalue weighted by molar-refractivity contribution is 7.17. The van der Waals surface area contributed by atoms with E-state index in [2.05, 4.69) is 15.8 Å². The number of rotatable bonds is 3. The molecule has 1 aromatic carbocycles. The zero-order chi connectivity index (χ0) is 17.1. The maximum atomic E-state index is 12.8. The van der Waals surface area contributed by atoms with E-state index >= 15 is 0 Å². The van der Waals surface area contributed by atoms with Crippen LogP contribution in [0.15, 0.2) is 24.3 Å². The van der Waals surface area contributed by atoms with E-state index in [1.54, 1.807) is 0 Å². The third-order valence-corrected chi connectivity index (χ3v) is 5.47. The predicted molar refractivity (Wildman–Crippen MR) is 98.5 cm³/mol. The smallest absolute Gasteiger partial charge is 0.265 e. The highest BCUT2D eigenvalue weighted by atomic mass is 35.5. The molecule has 2 aromatic rings. The Labute approximate surface area is 151 Å². The SMILES string of the molecule is C#CCN1CCN(C(=O)c2sc(-c3cccc(Cl)c3)nc2C)CC1. The van der Waals surface area contributed by atoms with E-state index < -0.39 is 0 Å². The molecule has 0 aliphatic carbocycles. The van der Waals surface area contributed by atoms with Gasteiger partial charge in [-0.25, -0.2) is 4.98 Å². The maximum Gasteiger partial charge on any atom is 0.265 e. The van der Waals surface area contributed by atoms with Crippen LogP contribution in [0.3, 0.4) is 0 Å². The number of carbonyl (C=O) groups excluding carboxylic acids is 1. The Hall–Kier alpha value is -1.87. The molecule has 1 aromatic heterocycles. The number of hydrogen-bond donors (Lipinski definition) is 0. The summed E-state index contributed by atoms with van der Waals surface area (Å²) in [5.74, 6) is 2.71. The Bertz CT molecular complexity index is 788. The van der Waals surface area contributed by atoms with Crippen LogP contribution < -0.4 is 0 Å². The minimum absolute atomic E-state index is 0.0543. The van der Waals surface area contributed by atoms with Gasteiger partial charge < -0.3 is 4.90 Å². The van der Waals surface area contributed by atoms with Crippen LogP contribution in [0.25, 0.3) is 10.6 Å². The Morgan fingerprint density at radius 3 is 2.79 bits per heavy atom. The summed E-state index contributed by atoms with van der Waals surface area (Å²) in [6.07, 6.45) is 5.35. The average molecular weight is 360 g/mol. The first-order chi connectivity index (χ1) is 11.6. The number of nitrogens with zero attached hydrogens (tertiary/aromatic N) is 3. The molecule has 2 heterocycles. The zero-order valence-electron chi connectivity index (χ0n) is 13.5. The first kappa shape index (κ1) is 17.0. The van der Waals surface area contributed by atoms with Crippen LogP contribution in [0, 0.1) is 19.3 Å². The topological polar surface area (TPSA) is 36.4 Å². The number of carbonyl (C=O) groups is 1. The molecule has 0 unspecified atom stereocenters. The van der Waals surface area contributed by atoms with Crippen LogP contribution in [0.1, 0.15) is 15.4 Å². The van der Waals surface area contributed by atoms with Gasteiger partial charge in [-0.15, -0.1) is 17.8 Å². The quantitative estimate of drug-likeness (QED) is 0.790. The average Bonchev–Trinajstić information content (AvgIpc) is 2.97. The van der Waals surface area contributed by atoms with E-state index in [0.717, 1.165) is 29.4 Å². The fourth-order valence-corrected chi connectivity index (χ4v) is 3.94. The van der Waals surface area contributed by atoms with Crippen LogP contribution in [0.4, 0.5) is 0 Å². The Morgan fingerprint density at radius 1 is 1.38 bits per heavy atom. The van der Waals surface area contributed by atoms with Crippen molar-refractivity contribution in [3.8, 4) is 22.9 Å². The number of hydrogen-bond acceptors (Lipinski definition) is 4. The van der Waals surface area contributed by atoms with Gasteiger partial charge in [0.15, 0.2) is 0 Å². The summed E-state index contributed by atoms with van der Waals surface area (Å²) in [5.41, 5.74) is 1.71. The highest BCUT2D eigenvalue weighted by Gasteiger charge is 2.25. The first-order valence-corrected chi connectivity index (χ1v) is 8.96. The first-order valence-electron chi connectivity index (χ1n) is 7.77. The number of halogens is 1. The van der Waals surface area contributed by atoms with Crippen molar-refractivity contribution in [3.63, 3.8) is 0 Å². The second-order valence-electron chi connectivity index (χ2n) is 5.72. The van der Waals surface area contributed by atoms with Crippen molar-refractivity contribution >= 4 is 28.8 Å². The normalized spacial score (nSPS) is 15.3. The predicted octanol–water partition coefficient (Wildman–Crippen LogP) is 3.16. The van der Waals surface area contributed by atoms with Gasteiger partial charge in [0.2, 0.25) is 0 Å². The molecule has 4 nitrogen and oxygen atoms in total. The molecule has 24 heavy (non-hydrogen) atoms. The van der Waals surface area contributed by atoms with E-state index in [1.807, 2.05) is 36.1 Å². The minimum atomic E-state index is 0.0543. The van der Waals surface area contributed by atoms with Crippen molar-refractivity contribution in [2.45, 2.75) is 6.92 Å². The number of piperazine rings is 1. The van der Waals surface area contributed by atoms with Crippen molar-refractivity contribution in [2.24, 2.45) is 0 Å². The minimum Gasteiger partial charge on any atom is -0.335 e. The number of benzene rings is 1. The Balaban J connectivity index is 1.76. The van der Waals surface area contributed by atoms with Gasteiger partial charge in [-0.2, -0.15) is 0 Å². The molecule has 0 bridgehead atoms. The van der Waals surface area contributed by atoms with Crippen LogP contribution in [-0.4, -0.2) is 53.4 Å². The lowest BCUT2D eigenvalue weighted by Crippen LogP contribution is -2.48. The molecule has 0 N–H and O–H groups in total. The van der Waals surface area contributed by atoms with E-state index in [1.165, 1.54) is 11.3 Å². The van der Waals surface area contributed by atoms with Crippen LogP contribution >= 0.6 is 22.9 Å². The third kappa shape index (κ3) is 3.62. The summed E-state index contributed by atoms with van der Waals surface area (Å²) in [6, 6.07) is 7.54. The van der Waals surface area contributed by atoms with Crippen molar-refractivity contribution in [1.29, 1.82) is 0 Å². The van der Waals surface area contributed by atoms with Gasteiger partial charge in [0.25, 0.3) is 5.91 Å². The van der Waals surface area contributed by atoms with Crippen molar-refractivity contribution in [3.05, 3.63) is 39.9 Å². The summed E-state index contributed by atoms with van der Waals surface area (Å²) in [6.45, 7) is 5.55. The van der Waals surface area contributed by atoms with Gasteiger partial charge in [-0.05, 0) is 19.1 Å². The van der Waals surface area contributed by atoms with Crippen molar-refractivity contribution < 1.29 is 4.79 Å². The molecule has 0 saturated carbocycles. The fourth-order valence-electron chi connectivity index (χ4n) is 2.72. The van der Waals surface area contributed by atoms with Crippen LogP contribution in [0.2, 0.25) is 5.02 Å². The molecule has 0 atom stereocenters. The van der Waals surface area contributed by atoms with E-state index in [0.29, 0.717) is 29.5 Å².